The first-order chi connectivity index (χ1) is 8.59. The van der Waals surface area contributed by atoms with Crippen molar-refractivity contribution in [2.24, 2.45) is 5.73 Å². The van der Waals surface area contributed by atoms with E-state index in [0.717, 1.165) is 5.82 Å². The smallest absolute Gasteiger partial charge is 0.160 e. The first-order valence-corrected chi connectivity index (χ1v) is 5.91. The number of nitrogens with one attached hydrogen (secondary N) is 1. The third-order valence-corrected chi connectivity index (χ3v) is 2.53. The maximum atomic E-state index is 5.61. The molecule has 94 valence electrons. The van der Waals surface area contributed by atoms with Crippen LogP contribution in [0.25, 0.3) is 0 Å². The van der Waals surface area contributed by atoms with Crippen LogP contribution in [-0.2, 0) is 0 Å². The van der Waals surface area contributed by atoms with Crippen LogP contribution in [0.15, 0.2) is 24.7 Å². The lowest BCUT2D eigenvalue weighted by Crippen LogP contribution is -2.16. The summed E-state index contributed by atoms with van der Waals surface area (Å²) in [6.07, 6.45) is 4.86. The minimum Gasteiger partial charge on any atom is -0.388 e. The number of anilines is 2. The highest BCUT2D eigenvalue weighted by atomic mass is 32.1. The van der Waals surface area contributed by atoms with Gasteiger partial charge in [-0.2, -0.15) is 5.10 Å². The molecule has 0 saturated heterocycles. The lowest BCUT2D eigenvalue weighted by Gasteiger charge is -2.13. The Morgan fingerprint density at radius 2 is 2.06 bits per heavy atom. The van der Waals surface area contributed by atoms with E-state index < -0.39 is 0 Å². The highest BCUT2D eigenvalue weighted by molar-refractivity contribution is 7.80. The molecule has 0 bridgehead atoms. The predicted octanol–water partition coefficient (Wildman–Crippen LogP) is 1.63. The van der Waals surface area contributed by atoms with Crippen LogP contribution < -0.4 is 11.1 Å². The van der Waals surface area contributed by atoms with E-state index in [2.05, 4.69) is 20.4 Å². The lowest BCUT2D eigenvalue weighted by atomic mass is 10.4. The second-order valence-electron chi connectivity index (χ2n) is 4.00. The van der Waals surface area contributed by atoms with Crippen molar-refractivity contribution < 1.29 is 0 Å². The number of aromatic nitrogens is 4. The van der Waals surface area contributed by atoms with Crippen LogP contribution in [0.4, 0.5) is 11.6 Å². The van der Waals surface area contributed by atoms with Gasteiger partial charge in [0.05, 0.1) is 6.20 Å². The lowest BCUT2D eigenvalue weighted by molar-refractivity contribution is 0.539. The maximum Gasteiger partial charge on any atom is 0.160 e. The van der Waals surface area contributed by atoms with Gasteiger partial charge in [0.2, 0.25) is 0 Å². The molecule has 0 aliphatic carbocycles. The van der Waals surface area contributed by atoms with Gasteiger partial charge < -0.3 is 11.1 Å². The van der Waals surface area contributed by atoms with Gasteiger partial charge in [-0.3, -0.25) is 0 Å². The first kappa shape index (κ1) is 12.4. The molecule has 6 nitrogen and oxygen atoms in total. The second kappa shape index (κ2) is 5.09. The summed E-state index contributed by atoms with van der Waals surface area (Å²) < 4.78 is 1.85. The Labute approximate surface area is 110 Å². The minimum absolute atomic E-state index is 0.209. The summed E-state index contributed by atoms with van der Waals surface area (Å²) in [6, 6.07) is 2.10. The molecule has 0 unspecified atom stereocenters. The molecule has 18 heavy (non-hydrogen) atoms. The summed E-state index contributed by atoms with van der Waals surface area (Å²) in [5.41, 5.74) is 6.08. The molecule has 2 heterocycles. The summed E-state index contributed by atoms with van der Waals surface area (Å²) in [4.78, 5) is 8.51. The zero-order chi connectivity index (χ0) is 13.1. The molecule has 0 spiro atoms. The Balaban J connectivity index is 2.34. The summed E-state index contributed by atoms with van der Waals surface area (Å²) in [5, 5.41) is 7.37. The van der Waals surface area contributed by atoms with Crippen LogP contribution in [0.2, 0.25) is 0 Å². The third kappa shape index (κ3) is 2.45. The summed E-state index contributed by atoms with van der Waals surface area (Å²) in [7, 11) is 0. The van der Waals surface area contributed by atoms with Gasteiger partial charge >= 0.3 is 0 Å². The fourth-order valence-electron chi connectivity index (χ4n) is 1.56. The van der Waals surface area contributed by atoms with E-state index in [1.54, 1.807) is 18.6 Å². The van der Waals surface area contributed by atoms with Gasteiger partial charge in [-0.05, 0) is 13.8 Å². The van der Waals surface area contributed by atoms with Crippen LogP contribution >= 0.6 is 12.2 Å². The Bertz CT molecular complexity index is 562. The number of nitrogens with two attached hydrogens (primary N) is 1. The Hall–Kier alpha value is -2.02. The molecule has 2 aromatic rings. The Morgan fingerprint density at radius 3 is 2.72 bits per heavy atom. The van der Waals surface area contributed by atoms with E-state index in [4.69, 9.17) is 18.0 Å². The predicted molar refractivity (Wildman–Crippen MR) is 73.8 cm³/mol. The topological polar surface area (TPSA) is 81.7 Å². The molecule has 0 aromatic carbocycles. The molecular formula is C11H14N6S. The largest absolute Gasteiger partial charge is 0.388 e. The molecule has 3 N–H and O–H groups in total. The van der Waals surface area contributed by atoms with Crippen LogP contribution in [0.5, 0.6) is 0 Å². The molecule has 0 saturated carbocycles. The number of thiocarbonyl (C=S) groups is 1. The van der Waals surface area contributed by atoms with Crippen LogP contribution in [-0.4, -0.2) is 24.7 Å². The molecule has 2 rings (SSSR count). The van der Waals surface area contributed by atoms with E-state index in [9.17, 15) is 0 Å². The van der Waals surface area contributed by atoms with Gasteiger partial charge in [0.1, 0.15) is 16.5 Å². The SMILES string of the molecule is CC(C)n1nccc1Nc1nccnc1C(N)=S. The monoisotopic (exact) mass is 262 g/mol. The summed E-state index contributed by atoms with van der Waals surface area (Å²) in [5.74, 6) is 1.36. The van der Waals surface area contributed by atoms with Crippen LogP contribution in [0.3, 0.4) is 0 Å². The van der Waals surface area contributed by atoms with Crippen molar-refractivity contribution in [1.82, 2.24) is 19.7 Å². The summed E-state index contributed by atoms with van der Waals surface area (Å²) >= 11 is 4.94. The summed E-state index contributed by atoms with van der Waals surface area (Å²) in [6.45, 7) is 4.09. The van der Waals surface area contributed by atoms with Crippen LogP contribution in [0.1, 0.15) is 25.6 Å². The second-order valence-corrected chi connectivity index (χ2v) is 4.44. The molecule has 0 aliphatic rings. The van der Waals surface area contributed by atoms with Crippen molar-refractivity contribution in [3.63, 3.8) is 0 Å². The van der Waals surface area contributed by atoms with E-state index in [1.165, 1.54) is 0 Å². The molecule has 2 aromatic heterocycles. The fraction of sp³-hybridized carbons (Fsp3) is 0.273. The normalized spacial score (nSPS) is 10.6. The van der Waals surface area contributed by atoms with Crippen molar-refractivity contribution >= 4 is 28.8 Å². The maximum absolute atomic E-state index is 5.61. The number of hydrogen-bond donors (Lipinski definition) is 2. The van der Waals surface area contributed by atoms with E-state index in [0.29, 0.717) is 11.5 Å². The molecule has 0 aliphatic heterocycles. The van der Waals surface area contributed by atoms with E-state index in [1.807, 2.05) is 24.6 Å². The minimum atomic E-state index is 0.209. The van der Waals surface area contributed by atoms with Crippen LogP contribution in [0, 0.1) is 0 Å². The standard InChI is InChI=1S/C11H14N6S/c1-7(2)17-8(3-4-15-17)16-11-9(10(12)18)13-5-6-14-11/h3-7H,1-2H3,(H2,12,18)(H,14,16). The van der Waals surface area contributed by atoms with Crippen molar-refractivity contribution in [2.75, 3.05) is 5.32 Å². The van der Waals surface area contributed by atoms with Crippen molar-refractivity contribution in [1.29, 1.82) is 0 Å². The number of rotatable bonds is 4. The molecular weight excluding hydrogens is 248 g/mol. The molecule has 0 amide bonds. The van der Waals surface area contributed by atoms with Gasteiger partial charge in [0.25, 0.3) is 0 Å². The van der Waals surface area contributed by atoms with Gasteiger partial charge in [-0.25, -0.2) is 14.6 Å². The third-order valence-electron chi connectivity index (χ3n) is 2.34. The zero-order valence-electron chi connectivity index (χ0n) is 10.2. The molecule has 0 atom stereocenters. The first-order valence-electron chi connectivity index (χ1n) is 5.51. The molecule has 0 radical (unpaired) electrons. The van der Waals surface area contributed by atoms with E-state index >= 15 is 0 Å². The van der Waals surface area contributed by atoms with Crippen molar-refractivity contribution in [3.05, 3.63) is 30.4 Å². The van der Waals surface area contributed by atoms with Crippen molar-refractivity contribution in [2.45, 2.75) is 19.9 Å². The Morgan fingerprint density at radius 1 is 1.33 bits per heavy atom. The Kier molecular flexibility index (Phi) is 3.52. The van der Waals surface area contributed by atoms with Crippen molar-refractivity contribution in [3.8, 4) is 0 Å². The van der Waals surface area contributed by atoms with Gasteiger partial charge in [-0.1, -0.05) is 12.2 Å². The zero-order valence-corrected chi connectivity index (χ0v) is 11.0. The fourth-order valence-corrected chi connectivity index (χ4v) is 1.71. The molecule has 0 fully saturated rings. The highest BCUT2D eigenvalue weighted by Crippen LogP contribution is 2.19. The quantitative estimate of drug-likeness (QED) is 0.815. The van der Waals surface area contributed by atoms with Gasteiger partial charge in [0.15, 0.2) is 5.82 Å². The number of nitrogens with zero attached hydrogens (tertiary/aromatic N) is 4. The van der Waals surface area contributed by atoms with Gasteiger partial charge in [-0.15, -0.1) is 0 Å². The highest BCUT2D eigenvalue weighted by Gasteiger charge is 2.11. The average Bonchev–Trinajstić information content (AvgIpc) is 2.77. The number of hydrogen-bond acceptors (Lipinski definition) is 5. The average molecular weight is 262 g/mol. The van der Waals surface area contributed by atoms with Gasteiger partial charge in [0, 0.05) is 24.5 Å². The molecule has 7 heteroatoms. The van der Waals surface area contributed by atoms with E-state index in [-0.39, 0.29) is 11.0 Å².